The maximum Gasteiger partial charge on any atom is 0.469 e. The van der Waals surface area contributed by atoms with Gasteiger partial charge >= 0.3 is 14.0 Å². The second kappa shape index (κ2) is 12.0. The van der Waals surface area contributed by atoms with Crippen LogP contribution in [0.15, 0.2) is 11.6 Å². The van der Waals surface area contributed by atoms with Crippen molar-refractivity contribution in [2.24, 2.45) is 0 Å². The van der Waals surface area contributed by atoms with Gasteiger partial charge in [0.2, 0.25) is 0 Å². The Kier molecular flexibility index (Phi) is 13.0. The number of aliphatic hydroxyl groups is 1. The number of nitrogens with zero attached hydrogens (tertiary/aromatic N) is 1. The van der Waals surface area contributed by atoms with E-state index in [4.69, 9.17) is 14.9 Å². The molecule has 0 aromatic heterocycles. The third-order valence-electron chi connectivity index (χ3n) is 2.59. The normalized spacial score (nSPS) is 13.1. The van der Waals surface area contributed by atoms with Crippen molar-refractivity contribution in [1.82, 2.24) is 4.90 Å². The fraction of sp³-hybridized carbons (Fsp3) is 0.833. The van der Waals surface area contributed by atoms with E-state index in [-0.39, 0.29) is 0 Å². The number of aliphatic hydroxyl groups excluding tert-OH is 1. The molecule has 3 N–H and O–H groups in total. The van der Waals surface area contributed by atoms with Crippen molar-refractivity contribution in [2.45, 2.75) is 33.4 Å². The second-order valence-corrected chi connectivity index (χ2v) is 5.46. The molecule has 0 aliphatic heterocycles. The monoisotopic (exact) mass is 351 g/mol. The van der Waals surface area contributed by atoms with Crippen molar-refractivity contribution in [2.75, 3.05) is 32.8 Å². The highest BCUT2D eigenvalue weighted by atomic mass is 31.2. The lowest BCUT2D eigenvalue weighted by molar-refractivity contribution is -0.128. The minimum absolute atomic E-state index is 0.407. The maximum atomic E-state index is 11.8. The molecule has 0 aromatic carbocycles. The number of halogens is 3. The third kappa shape index (κ3) is 17.6. The predicted molar refractivity (Wildman–Crippen MR) is 77.3 cm³/mol. The zero-order chi connectivity index (χ0) is 17.8. The zero-order valence-electron chi connectivity index (χ0n) is 13.0. The number of hydrogen-bond acceptors (Lipinski definition) is 4. The van der Waals surface area contributed by atoms with Crippen LogP contribution in [0.5, 0.6) is 0 Å². The standard InChI is InChI=1S/C6H10F3O5P.C6H15N/c7-6(8,9)3-5(4-10)1-2-14-15(11,12)13;1-4-7(5-2)6-3/h1,10H,2-4H2,(H2,11,12,13);4-6H2,1-3H3/b5-1+;. The summed E-state index contributed by atoms with van der Waals surface area (Å²) in [4.78, 5) is 18.8. The van der Waals surface area contributed by atoms with E-state index in [1.54, 1.807) is 0 Å². The van der Waals surface area contributed by atoms with Gasteiger partial charge in [0.25, 0.3) is 0 Å². The van der Waals surface area contributed by atoms with Crippen LogP contribution in [0.25, 0.3) is 0 Å². The van der Waals surface area contributed by atoms with E-state index in [0.717, 1.165) is 6.08 Å². The van der Waals surface area contributed by atoms with Crippen LogP contribution in [-0.2, 0) is 9.09 Å². The van der Waals surface area contributed by atoms with Gasteiger partial charge in [-0.3, -0.25) is 4.52 Å². The van der Waals surface area contributed by atoms with E-state index in [1.807, 2.05) is 0 Å². The maximum absolute atomic E-state index is 11.8. The van der Waals surface area contributed by atoms with Gasteiger partial charge in [-0.15, -0.1) is 0 Å². The molecule has 0 spiro atoms. The first kappa shape index (κ1) is 23.8. The Balaban J connectivity index is 0. The largest absolute Gasteiger partial charge is 0.469 e. The van der Waals surface area contributed by atoms with Crippen molar-refractivity contribution in [3.8, 4) is 0 Å². The zero-order valence-corrected chi connectivity index (χ0v) is 13.9. The van der Waals surface area contributed by atoms with Crippen molar-refractivity contribution >= 4 is 7.82 Å². The molecular weight excluding hydrogens is 326 g/mol. The van der Waals surface area contributed by atoms with Gasteiger partial charge in [0.1, 0.15) is 0 Å². The topological polar surface area (TPSA) is 90.2 Å². The Hall–Kier alpha value is -0.440. The van der Waals surface area contributed by atoms with Crippen LogP contribution in [0.2, 0.25) is 0 Å². The smallest absolute Gasteiger partial charge is 0.392 e. The second-order valence-electron chi connectivity index (χ2n) is 4.22. The Labute approximate surface area is 128 Å². The molecule has 0 saturated heterocycles. The predicted octanol–water partition coefficient (Wildman–Crippen LogP) is 2.31. The van der Waals surface area contributed by atoms with Gasteiger partial charge < -0.3 is 19.8 Å². The summed E-state index contributed by atoms with van der Waals surface area (Å²) in [7, 11) is -4.69. The van der Waals surface area contributed by atoms with E-state index in [1.165, 1.54) is 19.6 Å². The van der Waals surface area contributed by atoms with Crippen LogP contribution < -0.4 is 0 Å². The average molecular weight is 351 g/mol. The van der Waals surface area contributed by atoms with Crippen LogP contribution in [0.3, 0.4) is 0 Å². The van der Waals surface area contributed by atoms with Gasteiger partial charge in [-0.2, -0.15) is 13.2 Å². The molecule has 0 aliphatic rings. The van der Waals surface area contributed by atoms with Gasteiger partial charge in [-0.1, -0.05) is 26.8 Å². The van der Waals surface area contributed by atoms with E-state index >= 15 is 0 Å². The summed E-state index contributed by atoms with van der Waals surface area (Å²) in [5.41, 5.74) is -0.407. The minimum atomic E-state index is -4.69. The van der Waals surface area contributed by atoms with Crippen molar-refractivity contribution in [3.63, 3.8) is 0 Å². The number of rotatable bonds is 8. The lowest BCUT2D eigenvalue weighted by Gasteiger charge is -2.13. The summed E-state index contributed by atoms with van der Waals surface area (Å²) >= 11 is 0. The molecular formula is C12H25F3NO5P. The molecule has 0 bridgehead atoms. The molecule has 134 valence electrons. The number of alkyl halides is 3. The third-order valence-corrected chi connectivity index (χ3v) is 3.07. The van der Waals surface area contributed by atoms with Crippen molar-refractivity contribution in [1.29, 1.82) is 0 Å². The fourth-order valence-electron chi connectivity index (χ4n) is 1.37. The van der Waals surface area contributed by atoms with Crippen LogP contribution in [0.4, 0.5) is 13.2 Å². The highest BCUT2D eigenvalue weighted by Crippen LogP contribution is 2.35. The molecule has 22 heavy (non-hydrogen) atoms. The summed E-state index contributed by atoms with van der Waals surface area (Å²) in [6.07, 6.45) is -5.03. The number of hydrogen-bond donors (Lipinski definition) is 3. The van der Waals surface area contributed by atoms with Crippen molar-refractivity contribution in [3.05, 3.63) is 11.6 Å². The summed E-state index contributed by atoms with van der Waals surface area (Å²) in [6.45, 7) is 8.60. The first-order valence-electron chi connectivity index (χ1n) is 6.76. The summed E-state index contributed by atoms with van der Waals surface area (Å²) in [6, 6.07) is 0. The lowest BCUT2D eigenvalue weighted by atomic mass is 10.2. The highest BCUT2D eigenvalue weighted by Gasteiger charge is 2.28. The number of phosphoric ester groups is 1. The molecule has 0 aromatic rings. The van der Waals surface area contributed by atoms with Crippen LogP contribution >= 0.6 is 7.82 Å². The Morgan fingerprint density at radius 2 is 1.64 bits per heavy atom. The SMILES string of the molecule is CCN(CC)CC.O=P(O)(O)OC/C=C(/CO)CC(F)(F)F. The Morgan fingerprint density at radius 3 is 1.86 bits per heavy atom. The van der Waals surface area contributed by atoms with Gasteiger partial charge in [0.15, 0.2) is 0 Å². The van der Waals surface area contributed by atoms with Crippen molar-refractivity contribution < 1.29 is 37.2 Å². The van der Waals surface area contributed by atoms with E-state index in [9.17, 15) is 17.7 Å². The molecule has 0 radical (unpaired) electrons. The van der Waals surface area contributed by atoms with E-state index in [0.29, 0.717) is 0 Å². The highest BCUT2D eigenvalue weighted by molar-refractivity contribution is 7.46. The van der Waals surface area contributed by atoms with Gasteiger partial charge in [0.05, 0.1) is 19.6 Å². The Bertz CT molecular complexity index is 348. The molecule has 0 amide bonds. The molecule has 10 heteroatoms. The molecule has 0 unspecified atom stereocenters. The minimum Gasteiger partial charge on any atom is -0.392 e. The van der Waals surface area contributed by atoms with Crippen LogP contribution in [0, 0.1) is 0 Å². The summed E-state index contributed by atoms with van der Waals surface area (Å²) < 4.78 is 49.5. The van der Waals surface area contributed by atoms with Gasteiger partial charge in [0, 0.05) is 0 Å². The first-order chi connectivity index (χ1) is 9.99. The van der Waals surface area contributed by atoms with Gasteiger partial charge in [-0.05, 0) is 25.2 Å². The average Bonchev–Trinajstić information content (AvgIpc) is 2.37. The lowest BCUT2D eigenvalue weighted by Crippen LogP contribution is -2.21. The molecule has 6 nitrogen and oxygen atoms in total. The number of phosphoric acid groups is 1. The molecule has 0 atom stereocenters. The molecule has 0 saturated carbocycles. The van der Waals surface area contributed by atoms with E-state index in [2.05, 4.69) is 30.2 Å². The summed E-state index contributed by atoms with van der Waals surface area (Å²) in [5, 5.41) is 8.50. The summed E-state index contributed by atoms with van der Waals surface area (Å²) in [5.74, 6) is 0. The van der Waals surface area contributed by atoms with E-state index < -0.39 is 39.2 Å². The first-order valence-corrected chi connectivity index (χ1v) is 8.29. The molecule has 0 heterocycles. The van der Waals surface area contributed by atoms with Crippen LogP contribution in [0.1, 0.15) is 27.2 Å². The molecule has 0 fully saturated rings. The van der Waals surface area contributed by atoms with Crippen LogP contribution in [-0.4, -0.2) is 58.8 Å². The van der Waals surface area contributed by atoms with Gasteiger partial charge in [-0.25, -0.2) is 4.57 Å². The fourth-order valence-corrected chi connectivity index (χ4v) is 1.64. The Morgan fingerprint density at radius 1 is 1.18 bits per heavy atom. The molecule has 0 aliphatic carbocycles. The molecule has 0 rings (SSSR count). The quantitative estimate of drug-likeness (QED) is 0.459.